The first-order valence-corrected chi connectivity index (χ1v) is 9.14. The summed E-state index contributed by atoms with van der Waals surface area (Å²) in [5, 5.41) is 5.80. The largest absolute Gasteiger partial charge is 0.338 e. The number of anilines is 1. The number of piperidine rings is 1. The van der Waals surface area contributed by atoms with Gasteiger partial charge in [0.2, 0.25) is 0 Å². The number of hydrogen-bond acceptors (Lipinski definition) is 4. The lowest BCUT2D eigenvalue weighted by molar-refractivity contribution is 0.224. The van der Waals surface area contributed by atoms with Crippen LogP contribution in [-0.2, 0) is 0 Å². The lowest BCUT2D eigenvalue weighted by Crippen LogP contribution is -2.34. The molecule has 1 aromatic carbocycles. The molecule has 2 N–H and O–H groups in total. The third-order valence-electron chi connectivity index (χ3n) is 4.72. The first-order chi connectivity index (χ1) is 12.1. The highest BCUT2D eigenvalue weighted by Crippen LogP contribution is 2.17. The van der Waals surface area contributed by atoms with E-state index < -0.39 is 0 Å². The summed E-state index contributed by atoms with van der Waals surface area (Å²) in [4.78, 5) is 23.6. The van der Waals surface area contributed by atoms with Crippen LogP contribution >= 0.6 is 0 Å². The standard InChI is InChI=1S/C19H27N5O/c1-14-15(2)22-18-13-16(7-8-17(18)21-14)23-19(25)20-9-6-12-24-10-4-3-5-11-24/h7-8,13H,3-6,9-12H2,1-2H3,(H2,20,23,25). The molecule has 2 heterocycles. The van der Waals surface area contributed by atoms with Crippen molar-refractivity contribution >= 4 is 22.8 Å². The summed E-state index contributed by atoms with van der Waals surface area (Å²) in [5.41, 5.74) is 4.21. The van der Waals surface area contributed by atoms with E-state index in [-0.39, 0.29) is 6.03 Å². The highest BCUT2D eigenvalue weighted by molar-refractivity contribution is 5.91. The Hall–Kier alpha value is -2.21. The molecule has 1 fully saturated rings. The predicted molar refractivity (Wildman–Crippen MR) is 101 cm³/mol. The van der Waals surface area contributed by atoms with Crippen LogP contribution in [0.4, 0.5) is 10.5 Å². The van der Waals surface area contributed by atoms with Gasteiger partial charge < -0.3 is 15.5 Å². The number of amides is 2. The quantitative estimate of drug-likeness (QED) is 0.819. The van der Waals surface area contributed by atoms with Gasteiger partial charge in [0, 0.05) is 12.2 Å². The molecule has 1 saturated heterocycles. The van der Waals surface area contributed by atoms with Gasteiger partial charge in [-0.3, -0.25) is 0 Å². The SMILES string of the molecule is Cc1nc2ccc(NC(=O)NCCCN3CCCCC3)cc2nc1C. The van der Waals surface area contributed by atoms with E-state index in [1.54, 1.807) is 0 Å². The molecule has 6 nitrogen and oxygen atoms in total. The van der Waals surface area contributed by atoms with Crippen molar-refractivity contribution in [2.45, 2.75) is 39.5 Å². The number of fused-ring (bicyclic) bond motifs is 1. The van der Waals surface area contributed by atoms with Crippen molar-refractivity contribution < 1.29 is 4.79 Å². The number of benzene rings is 1. The fourth-order valence-electron chi connectivity index (χ4n) is 3.17. The number of carbonyl (C=O) groups excluding carboxylic acids is 1. The molecule has 2 aromatic rings. The number of hydrogen-bond donors (Lipinski definition) is 2. The van der Waals surface area contributed by atoms with E-state index in [9.17, 15) is 4.79 Å². The lowest BCUT2D eigenvalue weighted by Gasteiger charge is -2.26. The first-order valence-electron chi connectivity index (χ1n) is 9.14. The predicted octanol–water partition coefficient (Wildman–Crippen LogP) is 3.24. The molecule has 0 spiro atoms. The molecule has 0 saturated carbocycles. The van der Waals surface area contributed by atoms with Gasteiger partial charge in [-0.2, -0.15) is 0 Å². The van der Waals surface area contributed by atoms with E-state index in [0.717, 1.165) is 41.1 Å². The summed E-state index contributed by atoms with van der Waals surface area (Å²) >= 11 is 0. The van der Waals surface area contributed by atoms with Gasteiger partial charge in [0.1, 0.15) is 0 Å². The topological polar surface area (TPSA) is 70.2 Å². The van der Waals surface area contributed by atoms with Gasteiger partial charge in [-0.15, -0.1) is 0 Å². The summed E-state index contributed by atoms with van der Waals surface area (Å²) in [7, 11) is 0. The van der Waals surface area contributed by atoms with Crippen LogP contribution < -0.4 is 10.6 Å². The van der Waals surface area contributed by atoms with Crippen LogP contribution in [0.1, 0.15) is 37.1 Å². The van der Waals surface area contributed by atoms with Gasteiger partial charge >= 0.3 is 6.03 Å². The minimum Gasteiger partial charge on any atom is -0.338 e. The molecule has 6 heteroatoms. The average Bonchev–Trinajstić information content (AvgIpc) is 2.61. The van der Waals surface area contributed by atoms with Crippen molar-refractivity contribution in [1.29, 1.82) is 0 Å². The summed E-state index contributed by atoms with van der Waals surface area (Å²) in [6.07, 6.45) is 4.94. The summed E-state index contributed by atoms with van der Waals surface area (Å²) in [6, 6.07) is 5.44. The fraction of sp³-hybridized carbons (Fsp3) is 0.526. The number of rotatable bonds is 5. The third kappa shape index (κ3) is 4.89. The second-order valence-corrected chi connectivity index (χ2v) is 6.73. The highest BCUT2D eigenvalue weighted by Gasteiger charge is 2.09. The van der Waals surface area contributed by atoms with E-state index in [0.29, 0.717) is 6.54 Å². The Bertz CT molecular complexity index is 740. The second-order valence-electron chi connectivity index (χ2n) is 6.73. The summed E-state index contributed by atoms with van der Waals surface area (Å²) < 4.78 is 0. The van der Waals surface area contributed by atoms with Crippen LogP contribution in [0.15, 0.2) is 18.2 Å². The van der Waals surface area contributed by atoms with Crippen LogP contribution in [0.3, 0.4) is 0 Å². The first kappa shape index (κ1) is 17.6. The summed E-state index contributed by atoms with van der Waals surface area (Å²) in [5.74, 6) is 0. The van der Waals surface area contributed by atoms with Gasteiger partial charge in [-0.05, 0) is 70.9 Å². The number of likely N-dealkylation sites (tertiary alicyclic amines) is 1. The lowest BCUT2D eigenvalue weighted by atomic mass is 10.1. The van der Waals surface area contributed by atoms with Gasteiger partial charge in [0.15, 0.2) is 0 Å². The molecule has 0 atom stereocenters. The number of aryl methyl sites for hydroxylation is 2. The molecule has 1 aliphatic heterocycles. The molecule has 2 amide bonds. The smallest absolute Gasteiger partial charge is 0.319 e. The molecule has 1 aliphatic rings. The minimum atomic E-state index is -0.171. The minimum absolute atomic E-state index is 0.171. The molecular weight excluding hydrogens is 314 g/mol. The molecule has 0 bridgehead atoms. The third-order valence-corrected chi connectivity index (χ3v) is 4.72. The van der Waals surface area contributed by atoms with Gasteiger partial charge in [-0.1, -0.05) is 6.42 Å². The Morgan fingerprint density at radius 3 is 2.56 bits per heavy atom. The van der Waals surface area contributed by atoms with Crippen LogP contribution in [-0.4, -0.2) is 47.1 Å². The second kappa shape index (κ2) is 8.25. The molecule has 25 heavy (non-hydrogen) atoms. The van der Waals surface area contributed by atoms with Crippen LogP contribution in [0.25, 0.3) is 11.0 Å². The molecule has 134 valence electrons. The number of nitrogens with zero attached hydrogens (tertiary/aromatic N) is 3. The van der Waals surface area contributed by atoms with E-state index in [1.807, 2.05) is 32.0 Å². The van der Waals surface area contributed by atoms with Crippen molar-refractivity contribution in [3.05, 3.63) is 29.6 Å². The number of carbonyl (C=O) groups is 1. The molecule has 0 radical (unpaired) electrons. The maximum absolute atomic E-state index is 12.0. The zero-order chi connectivity index (χ0) is 17.6. The van der Waals surface area contributed by atoms with Crippen molar-refractivity contribution in [3.8, 4) is 0 Å². The maximum atomic E-state index is 12.0. The molecular formula is C19H27N5O. The fourth-order valence-corrected chi connectivity index (χ4v) is 3.17. The van der Waals surface area contributed by atoms with Crippen LogP contribution in [0, 0.1) is 13.8 Å². The highest BCUT2D eigenvalue weighted by atomic mass is 16.2. The molecule has 0 unspecified atom stereocenters. The Morgan fingerprint density at radius 1 is 1.08 bits per heavy atom. The van der Waals surface area contributed by atoms with Crippen molar-refractivity contribution in [1.82, 2.24) is 20.2 Å². The maximum Gasteiger partial charge on any atom is 0.319 e. The Kier molecular flexibility index (Phi) is 5.81. The van der Waals surface area contributed by atoms with E-state index in [2.05, 4.69) is 25.5 Å². The Morgan fingerprint density at radius 2 is 1.80 bits per heavy atom. The Balaban J connectivity index is 1.47. The number of aromatic nitrogens is 2. The van der Waals surface area contributed by atoms with Crippen LogP contribution in [0.2, 0.25) is 0 Å². The van der Waals surface area contributed by atoms with Gasteiger partial charge in [0.25, 0.3) is 0 Å². The van der Waals surface area contributed by atoms with E-state index in [4.69, 9.17) is 0 Å². The molecule has 3 rings (SSSR count). The zero-order valence-electron chi connectivity index (χ0n) is 15.1. The zero-order valence-corrected chi connectivity index (χ0v) is 15.1. The van der Waals surface area contributed by atoms with E-state index >= 15 is 0 Å². The monoisotopic (exact) mass is 341 g/mol. The summed E-state index contributed by atoms with van der Waals surface area (Å²) in [6.45, 7) is 8.03. The Labute approximate surface area is 149 Å². The van der Waals surface area contributed by atoms with Gasteiger partial charge in [0.05, 0.1) is 22.4 Å². The average molecular weight is 341 g/mol. The number of urea groups is 1. The molecule has 1 aromatic heterocycles. The van der Waals surface area contributed by atoms with Crippen LogP contribution in [0.5, 0.6) is 0 Å². The number of nitrogens with one attached hydrogen (secondary N) is 2. The van der Waals surface area contributed by atoms with Crippen molar-refractivity contribution in [2.75, 3.05) is 31.5 Å². The van der Waals surface area contributed by atoms with Crippen molar-refractivity contribution in [3.63, 3.8) is 0 Å². The molecule has 0 aliphatic carbocycles. The van der Waals surface area contributed by atoms with Gasteiger partial charge in [-0.25, -0.2) is 14.8 Å². The van der Waals surface area contributed by atoms with E-state index in [1.165, 1.54) is 32.4 Å². The normalized spacial score (nSPS) is 15.3. The van der Waals surface area contributed by atoms with Crippen molar-refractivity contribution in [2.24, 2.45) is 0 Å².